The third-order valence-electron chi connectivity index (χ3n) is 3.05. The van der Waals surface area contributed by atoms with Crippen molar-refractivity contribution in [3.8, 4) is 0 Å². The van der Waals surface area contributed by atoms with Crippen LogP contribution in [-0.2, 0) is 16.0 Å². The van der Waals surface area contributed by atoms with Crippen molar-refractivity contribution in [3.05, 3.63) is 35.6 Å². The zero-order chi connectivity index (χ0) is 13.1. The number of halogens is 1. The Morgan fingerprint density at radius 3 is 2.67 bits per heavy atom. The molecule has 0 aromatic heterocycles. The molecule has 1 atom stereocenters. The third kappa shape index (κ3) is 2.85. The number of nitrogens with zero attached hydrogens (tertiary/aromatic N) is 1. The van der Waals surface area contributed by atoms with Crippen molar-refractivity contribution in [2.75, 3.05) is 13.1 Å². The van der Waals surface area contributed by atoms with Gasteiger partial charge in [-0.25, -0.2) is 4.39 Å². The van der Waals surface area contributed by atoms with Gasteiger partial charge in [-0.2, -0.15) is 0 Å². The largest absolute Gasteiger partial charge is 0.345 e. The molecule has 1 unspecified atom stereocenters. The highest BCUT2D eigenvalue weighted by molar-refractivity contribution is 5.92. The van der Waals surface area contributed by atoms with Crippen LogP contribution in [0, 0.1) is 5.82 Å². The molecule has 0 bridgehead atoms. The Morgan fingerprint density at radius 1 is 1.33 bits per heavy atom. The van der Waals surface area contributed by atoms with Crippen molar-refractivity contribution in [1.82, 2.24) is 10.2 Å². The number of hydrogen-bond donors (Lipinski definition) is 1. The van der Waals surface area contributed by atoms with Crippen LogP contribution in [0.1, 0.15) is 12.5 Å². The molecule has 5 heteroatoms. The Morgan fingerprint density at radius 2 is 2.00 bits per heavy atom. The average molecular weight is 250 g/mol. The first-order valence-electron chi connectivity index (χ1n) is 5.87. The minimum Gasteiger partial charge on any atom is -0.345 e. The van der Waals surface area contributed by atoms with Gasteiger partial charge in [-0.05, 0) is 31.0 Å². The van der Waals surface area contributed by atoms with Crippen LogP contribution in [0.5, 0.6) is 0 Å². The lowest BCUT2D eigenvalue weighted by Crippen LogP contribution is -2.55. The fourth-order valence-corrected chi connectivity index (χ4v) is 2.05. The van der Waals surface area contributed by atoms with E-state index in [1.807, 2.05) is 6.92 Å². The average Bonchev–Trinajstić information content (AvgIpc) is 2.35. The third-order valence-corrected chi connectivity index (χ3v) is 3.05. The molecule has 1 aliphatic rings. The van der Waals surface area contributed by atoms with Gasteiger partial charge >= 0.3 is 0 Å². The van der Waals surface area contributed by atoms with E-state index in [2.05, 4.69) is 5.32 Å². The molecule has 1 aromatic rings. The highest BCUT2D eigenvalue weighted by Crippen LogP contribution is 2.11. The van der Waals surface area contributed by atoms with Gasteiger partial charge in [0, 0.05) is 6.04 Å². The van der Waals surface area contributed by atoms with Gasteiger partial charge < -0.3 is 10.2 Å². The predicted molar refractivity (Wildman–Crippen MR) is 64.3 cm³/mol. The summed E-state index contributed by atoms with van der Waals surface area (Å²) in [6.07, 6.45) is 0.610. The van der Waals surface area contributed by atoms with Crippen molar-refractivity contribution in [3.63, 3.8) is 0 Å². The summed E-state index contributed by atoms with van der Waals surface area (Å²) < 4.78 is 12.8. The smallest absolute Gasteiger partial charge is 0.242 e. The Bertz CT molecular complexity index is 459. The fraction of sp³-hybridized carbons (Fsp3) is 0.385. The summed E-state index contributed by atoms with van der Waals surface area (Å²) in [4.78, 5) is 24.5. The SMILES string of the molecule is CC(Cc1ccc(F)cc1)N1CC(=O)NCC1=O. The molecule has 1 saturated heterocycles. The van der Waals surface area contributed by atoms with Crippen molar-refractivity contribution in [1.29, 1.82) is 0 Å². The van der Waals surface area contributed by atoms with E-state index in [0.29, 0.717) is 6.42 Å². The topological polar surface area (TPSA) is 49.4 Å². The maximum Gasteiger partial charge on any atom is 0.242 e. The molecular formula is C13H15FN2O2. The van der Waals surface area contributed by atoms with Crippen LogP contribution in [-0.4, -0.2) is 35.8 Å². The molecule has 4 nitrogen and oxygen atoms in total. The summed E-state index contributed by atoms with van der Waals surface area (Å²) >= 11 is 0. The lowest BCUT2D eigenvalue weighted by atomic mass is 10.1. The standard InChI is InChI=1S/C13H15FN2O2/c1-9(6-10-2-4-11(14)5-3-10)16-8-12(17)15-7-13(16)18/h2-5,9H,6-8H2,1H3,(H,15,17). The number of carbonyl (C=O) groups is 2. The zero-order valence-corrected chi connectivity index (χ0v) is 10.1. The summed E-state index contributed by atoms with van der Waals surface area (Å²) in [6.45, 7) is 2.05. The Balaban J connectivity index is 2.02. The van der Waals surface area contributed by atoms with E-state index in [9.17, 15) is 14.0 Å². The number of amides is 2. The molecule has 1 aliphatic heterocycles. The Labute approximate surface area is 105 Å². The van der Waals surface area contributed by atoms with Crippen LogP contribution in [0.15, 0.2) is 24.3 Å². The Hall–Kier alpha value is -1.91. The van der Waals surface area contributed by atoms with Crippen molar-refractivity contribution >= 4 is 11.8 Å². The van der Waals surface area contributed by atoms with E-state index in [-0.39, 0.29) is 36.8 Å². The van der Waals surface area contributed by atoms with Gasteiger partial charge in [-0.15, -0.1) is 0 Å². The van der Waals surface area contributed by atoms with Gasteiger partial charge in [0.05, 0.1) is 13.1 Å². The minimum absolute atomic E-state index is 0.0621. The van der Waals surface area contributed by atoms with Gasteiger partial charge in [-0.3, -0.25) is 9.59 Å². The normalized spacial score (nSPS) is 17.6. The van der Waals surface area contributed by atoms with E-state index >= 15 is 0 Å². The van der Waals surface area contributed by atoms with Crippen LogP contribution >= 0.6 is 0 Å². The predicted octanol–water partition coefficient (Wildman–Crippen LogP) is 0.715. The fourth-order valence-electron chi connectivity index (χ4n) is 2.05. The summed E-state index contributed by atoms with van der Waals surface area (Å²) in [5.74, 6) is -0.496. The number of nitrogens with one attached hydrogen (secondary N) is 1. The van der Waals surface area contributed by atoms with Crippen LogP contribution in [0.3, 0.4) is 0 Å². The van der Waals surface area contributed by atoms with Crippen molar-refractivity contribution in [2.45, 2.75) is 19.4 Å². The number of hydrogen-bond acceptors (Lipinski definition) is 2. The first-order valence-corrected chi connectivity index (χ1v) is 5.87. The molecule has 0 radical (unpaired) electrons. The molecule has 0 saturated carbocycles. The van der Waals surface area contributed by atoms with E-state index in [1.165, 1.54) is 12.1 Å². The van der Waals surface area contributed by atoms with Gasteiger partial charge in [0.15, 0.2) is 0 Å². The van der Waals surface area contributed by atoms with Crippen LogP contribution in [0.25, 0.3) is 0 Å². The molecule has 1 fully saturated rings. The first-order chi connectivity index (χ1) is 8.56. The van der Waals surface area contributed by atoms with Gasteiger partial charge in [0.1, 0.15) is 5.82 Å². The summed E-state index contributed by atoms with van der Waals surface area (Å²) in [7, 11) is 0. The number of benzene rings is 1. The van der Waals surface area contributed by atoms with Crippen LogP contribution < -0.4 is 5.32 Å². The molecule has 18 heavy (non-hydrogen) atoms. The summed E-state index contributed by atoms with van der Waals surface area (Å²) in [5, 5.41) is 2.51. The second kappa shape index (κ2) is 5.16. The van der Waals surface area contributed by atoms with Gasteiger partial charge in [0.2, 0.25) is 11.8 Å². The molecule has 1 aromatic carbocycles. The monoisotopic (exact) mass is 250 g/mol. The highest BCUT2D eigenvalue weighted by atomic mass is 19.1. The van der Waals surface area contributed by atoms with E-state index in [4.69, 9.17) is 0 Å². The molecular weight excluding hydrogens is 235 g/mol. The quantitative estimate of drug-likeness (QED) is 0.859. The van der Waals surface area contributed by atoms with Crippen molar-refractivity contribution in [2.24, 2.45) is 0 Å². The number of piperazine rings is 1. The maximum absolute atomic E-state index is 12.8. The van der Waals surface area contributed by atoms with Crippen LogP contribution in [0.2, 0.25) is 0 Å². The highest BCUT2D eigenvalue weighted by Gasteiger charge is 2.27. The second-order valence-corrected chi connectivity index (χ2v) is 4.48. The molecule has 1 N–H and O–H groups in total. The summed E-state index contributed by atoms with van der Waals surface area (Å²) in [6, 6.07) is 6.11. The molecule has 96 valence electrons. The zero-order valence-electron chi connectivity index (χ0n) is 10.1. The molecule has 2 rings (SSSR count). The van der Waals surface area contributed by atoms with Gasteiger partial charge in [0.25, 0.3) is 0 Å². The molecule has 2 amide bonds. The molecule has 1 heterocycles. The van der Waals surface area contributed by atoms with Crippen molar-refractivity contribution < 1.29 is 14.0 Å². The lowest BCUT2D eigenvalue weighted by molar-refractivity contribution is -0.142. The lowest BCUT2D eigenvalue weighted by Gasteiger charge is -2.32. The number of rotatable bonds is 3. The van der Waals surface area contributed by atoms with E-state index < -0.39 is 0 Å². The molecule has 0 aliphatic carbocycles. The number of carbonyl (C=O) groups excluding carboxylic acids is 2. The molecule has 0 spiro atoms. The first kappa shape index (κ1) is 12.5. The van der Waals surface area contributed by atoms with Gasteiger partial charge in [-0.1, -0.05) is 12.1 Å². The minimum atomic E-state index is -0.278. The summed E-state index contributed by atoms with van der Waals surface area (Å²) in [5.41, 5.74) is 0.947. The van der Waals surface area contributed by atoms with Crippen LogP contribution in [0.4, 0.5) is 4.39 Å². The van der Waals surface area contributed by atoms with E-state index in [0.717, 1.165) is 5.56 Å². The Kier molecular flexibility index (Phi) is 3.60. The second-order valence-electron chi connectivity index (χ2n) is 4.48. The maximum atomic E-state index is 12.8. The van der Waals surface area contributed by atoms with E-state index in [1.54, 1.807) is 17.0 Å².